The largest absolute Gasteiger partial charge is 0.386 e. The number of hydrogen-bond acceptors (Lipinski definition) is 3. The van der Waals surface area contributed by atoms with E-state index in [1.165, 1.54) is 50.5 Å². The predicted molar refractivity (Wildman–Crippen MR) is 204 cm³/mol. The van der Waals surface area contributed by atoms with E-state index in [2.05, 4.69) is 195 Å². The van der Waals surface area contributed by atoms with Crippen molar-refractivity contribution in [2.75, 3.05) is 22.2 Å². The summed E-state index contributed by atoms with van der Waals surface area (Å²) in [6.45, 7) is 0. The van der Waals surface area contributed by atoms with Crippen molar-refractivity contribution < 1.29 is 0 Å². The Morgan fingerprint density at radius 1 is 0.708 bits per heavy atom. The first-order chi connectivity index (χ1) is 23.7. The first-order valence-corrected chi connectivity index (χ1v) is 17.4. The molecule has 3 nitrogen and oxygen atoms in total. The topological polar surface area (TPSA) is 18.5 Å². The van der Waals surface area contributed by atoms with Gasteiger partial charge in [-0.15, -0.1) is 0 Å². The molecule has 1 aliphatic heterocycles. The van der Waals surface area contributed by atoms with Gasteiger partial charge in [0.15, 0.2) is 0 Å². The molecule has 2 aliphatic carbocycles. The van der Waals surface area contributed by atoms with Crippen molar-refractivity contribution in [3.8, 4) is 11.1 Å². The quantitative estimate of drug-likeness (QED) is 0.188. The first-order valence-electron chi connectivity index (χ1n) is 16.6. The molecule has 1 heterocycles. The third-order valence-corrected chi connectivity index (χ3v) is 10.6. The molecule has 0 fully saturated rings. The summed E-state index contributed by atoms with van der Waals surface area (Å²) < 4.78 is 1.04. The Morgan fingerprint density at radius 2 is 1.33 bits per heavy atom. The van der Waals surface area contributed by atoms with Crippen LogP contribution in [0.3, 0.4) is 0 Å². The Labute approximate surface area is 290 Å². The Bertz CT molecular complexity index is 2190. The zero-order valence-electron chi connectivity index (χ0n) is 26.6. The molecule has 1 atom stereocenters. The molecule has 0 bridgehead atoms. The molecule has 1 N–H and O–H groups in total. The number of rotatable bonds is 6. The molecule has 1 unspecified atom stereocenters. The van der Waals surface area contributed by atoms with Crippen LogP contribution in [-0.4, -0.2) is 7.05 Å². The second-order valence-corrected chi connectivity index (χ2v) is 13.6. The van der Waals surface area contributed by atoms with Gasteiger partial charge in [0.05, 0.1) is 22.7 Å². The highest BCUT2D eigenvalue weighted by atomic mass is 79.9. The van der Waals surface area contributed by atoms with Crippen molar-refractivity contribution in [3.05, 3.63) is 196 Å². The van der Waals surface area contributed by atoms with Crippen molar-refractivity contribution in [3.63, 3.8) is 0 Å². The number of benzene rings is 6. The second kappa shape index (κ2) is 11.4. The number of nitrogens with one attached hydrogen (secondary N) is 1. The molecule has 1 spiro atoms. The van der Waals surface area contributed by atoms with Gasteiger partial charge in [-0.2, -0.15) is 0 Å². The third kappa shape index (κ3) is 4.19. The minimum Gasteiger partial charge on any atom is -0.386 e. The van der Waals surface area contributed by atoms with Gasteiger partial charge < -0.3 is 15.1 Å². The van der Waals surface area contributed by atoms with Gasteiger partial charge in [0, 0.05) is 34.4 Å². The van der Waals surface area contributed by atoms with Crippen molar-refractivity contribution in [1.29, 1.82) is 0 Å². The summed E-state index contributed by atoms with van der Waals surface area (Å²) in [7, 11) is 2.01. The standard InChI is InChI=1S/C44H34BrN3/c1-46-39-22-12-13-23-40(39)48-42-29-32(45)28-41(43(42)44(48)37-20-10-8-18-35(37)36-19-9-11-21-38(36)44)47(33-16-6-3-7-17-33)34-26-24-31(25-27-34)30-14-4-2-5-15-30/h2-24,26-29,31,46H,25H2,1H3. The van der Waals surface area contributed by atoms with E-state index in [1.807, 2.05) is 7.05 Å². The normalized spacial score (nSPS) is 16.4. The lowest BCUT2D eigenvalue weighted by atomic mass is 9.70. The van der Waals surface area contributed by atoms with Crippen LogP contribution in [0, 0.1) is 0 Å². The minimum atomic E-state index is -0.538. The van der Waals surface area contributed by atoms with Crippen LogP contribution in [0.2, 0.25) is 0 Å². The van der Waals surface area contributed by atoms with Crippen molar-refractivity contribution in [1.82, 2.24) is 0 Å². The summed E-state index contributed by atoms with van der Waals surface area (Å²) in [4.78, 5) is 5.03. The number of fused-ring (bicyclic) bond motifs is 7. The molecule has 0 radical (unpaired) electrons. The molecule has 3 aliphatic rings. The molecule has 6 aromatic carbocycles. The molecule has 0 saturated heterocycles. The van der Waals surface area contributed by atoms with E-state index in [1.54, 1.807) is 0 Å². The summed E-state index contributed by atoms with van der Waals surface area (Å²) in [5.41, 5.74) is 14.2. The predicted octanol–water partition coefficient (Wildman–Crippen LogP) is 11.7. The van der Waals surface area contributed by atoms with Gasteiger partial charge in [-0.05, 0) is 76.7 Å². The van der Waals surface area contributed by atoms with E-state index in [9.17, 15) is 0 Å². The molecule has 232 valence electrons. The van der Waals surface area contributed by atoms with Gasteiger partial charge in [0.25, 0.3) is 0 Å². The summed E-state index contributed by atoms with van der Waals surface area (Å²) >= 11 is 3.98. The van der Waals surface area contributed by atoms with Crippen LogP contribution < -0.4 is 15.1 Å². The zero-order chi connectivity index (χ0) is 32.2. The van der Waals surface area contributed by atoms with E-state index in [0.29, 0.717) is 5.92 Å². The maximum absolute atomic E-state index is 3.98. The van der Waals surface area contributed by atoms with Crippen LogP contribution >= 0.6 is 15.9 Å². The Balaban J connectivity index is 1.32. The molecular formula is C44H34BrN3. The fourth-order valence-electron chi connectivity index (χ4n) is 8.18. The summed E-state index contributed by atoms with van der Waals surface area (Å²) in [5, 5.41) is 3.49. The van der Waals surface area contributed by atoms with E-state index in [4.69, 9.17) is 0 Å². The highest BCUT2D eigenvalue weighted by molar-refractivity contribution is 9.10. The average Bonchev–Trinajstić information content (AvgIpc) is 3.45. The van der Waals surface area contributed by atoms with E-state index in [-0.39, 0.29) is 0 Å². The molecule has 9 rings (SSSR count). The highest BCUT2D eigenvalue weighted by Crippen LogP contribution is 2.68. The number of halogens is 1. The summed E-state index contributed by atoms with van der Waals surface area (Å²) in [6.07, 6.45) is 8.04. The third-order valence-electron chi connectivity index (χ3n) is 10.2. The van der Waals surface area contributed by atoms with E-state index >= 15 is 0 Å². The molecule has 6 aromatic rings. The Kier molecular flexibility index (Phi) is 6.87. The van der Waals surface area contributed by atoms with Crippen LogP contribution in [0.15, 0.2) is 174 Å². The van der Waals surface area contributed by atoms with Crippen LogP contribution in [0.25, 0.3) is 11.1 Å². The van der Waals surface area contributed by atoms with E-state index in [0.717, 1.165) is 28.0 Å². The first kappa shape index (κ1) is 28.9. The maximum Gasteiger partial charge on any atom is 0.126 e. The number of allylic oxidation sites excluding steroid dienone is 3. The molecule has 0 amide bonds. The molecule has 4 heteroatoms. The van der Waals surface area contributed by atoms with Crippen LogP contribution in [-0.2, 0) is 5.54 Å². The lowest BCUT2D eigenvalue weighted by Crippen LogP contribution is -2.53. The fraction of sp³-hybridized carbons (Fsp3) is 0.0909. The number of anilines is 5. The molecule has 48 heavy (non-hydrogen) atoms. The fourth-order valence-corrected chi connectivity index (χ4v) is 8.61. The van der Waals surface area contributed by atoms with Crippen molar-refractivity contribution in [2.45, 2.75) is 17.9 Å². The monoisotopic (exact) mass is 683 g/mol. The number of nitrogens with zero attached hydrogens (tertiary/aromatic N) is 2. The second-order valence-electron chi connectivity index (χ2n) is 12.6. The van der Waals surface area contributed by atoms with Gasteiger partial charge in [-0.25, -0.2) is 0 Å². The van der Waals surface area contributed by atoms with Gasteiger partial charge >= 0.3 is 0 Å². The highest BCUT2D eigenvalue weighted by Gasteiger charge is 2.60. The smallest absolute Gasteiger partial charge is 0.126 e. The molecule has 0 saturated carbocycles. The van der Waals surface area contributed by atoms with Gasteiger partial charge in [-0.1, -0.05) is 137 Å². The van der Waals surface area contributed by atoms with Gasteiger partial charge in [0.2, 0.25) is 0 Å². The molecular weight excluding hydrogens is 650 g/mol. The lowest BCUT2D eigenvalue weighted by molar-refractivity contribution is 0.584. The van der Waals surface area contributed by atoms with Crippen LogP contribution in [0.4, 0.5) is 28.4 Å². The molecule has 0 aromatic heterocycles. The SMILES string of the molecule is CNc1ccccc1N1c2cc(Br)cc(N(C3=CCC(c4ccccc4)C=C3)c3ccccc3)c2C12c1ccccc1-c1ccccc12. The van der Waals surface area contributed by atoms with Crippen LogP contribution in [0.5, 0.6) is 0 Å². The minimum absolute atomic E-state index is 0.353. The Hall–Kier alpha value is -5.32. The van der Waals surface area contributed by atoms with Crippen molar-refractivity contribution in [2.24, 2.45) is 0 Å². The van der Waals surface area contributed by atoms with Crippen LogP contribution in [0.1, 0.15) is 34.6 Å². The lowest BCUT2D eigenvalue weighted by Gasteiger charge is -2.56. The van der Waals surface area contributed by atoms with E-state index < -0.39 is 5.54 Å². The maximum atomic E-state index is 3.98. The number of para-hydroxylation sites is 3. The number of hydrogen-bond donors (Lipinski definition) is 1. The van der Waals surface area contributed by atoms with Gasteiger partial charge in [-0.3, -0.25) is 0 Å². The zero-order valence-corrected chi connectivity index (χ0v) is 28.2. The Morgan fingerprint density at radius 3 is 2.00 bits per heavy atom. The summed E-state index contributed by atoms with van der Waals surface area (Å²) in [5.74, 6) is 0.353. The van der Waals surface area contributed by atoms with Crippen molar-refractivity contribution >= 4 is 44.4 Å². The van der Waals surface area contributed by atoms with Gasteiger partial charge in [0.1, 0.15) is 5.54 Å². The summed E-state index contributed by atoms with van der Waals surface area (Å²) in [6, 6.07) is 52.8. The average molecular weight is 685 g/mol.